The molecule has 106 valence electrons. The van der Waals surface area contributed by atoms with Crippen molar-refractivity contribution in [2.45, 2.75) is 38.5 Å². The number of rotatable bonds is 5. The topological polar surface area (TPSA) is 69.7 Å². The quantitative estimate of drug-likeness (QED) is 0.673. The largest absolute Gasteiger partial charge is 0.396 e. The lowest BCUT2D eigenvalue weighted by Crippen LogP contribution is -2.29. The molecule has 0 bridgehead atoms. The van der Waals surface area contributed by atoms with Crippen molar-refractivity contribution in [3.63, 3.8) is 0 Å². The number of aliphatic hydroxyl groups excluding tert-OH is 2. The summed E-state index contributed by atoms with van der Waals surface area (Å²) in [6.45, 7) is 5.03. The van der Waals surface area contributed by atoms with Crippen LogP contribution in [0.3, 0.4) is 0 Å². The molecule has 0 radical (unpaired) electrons. The summed E-state index contributed by atoms with van der Waals surface area (Å²) in [5.41, 5.74) is 5.82. The highest BCUT2D eigenvalue weighted by atomic mass is 16.3. The summed E-state index contributed by atoms with van der Waals surface area (Å²) in [4.78, 5) is 2.50. The summed E-state index contributed by atoms with van der Waals surface area (Å²) in [6.07, 6.45) is 7.48. The molecule has 1 saturated heterocycles. The van der Waals surface area contributed by atoms with Gasteiger partial charge in [0.25, 0.3) is 0 Å². The first-order chi connectivity index (χ1) is 8.67. The van der Waals surface area contributed by atoms with Gasteiger partial charge in [-0.3, -0.25) is 0 Å². The monoisotopic (exact) mass is 256 g/mol. The van der Waals surface area contributed by atoms with Crippen molar-refractivity contribution in [3.8, 4) is 0 Å². The Labute approximate surface area is 110 Å². The van der Waals surface area contributed by atoms with Gasteiger partial charge in [0.05, 0.1) is 0 Å². The van der Waals surface area contributed by atoms with Gasteiger partial charge in [-0.25, -0.2) is 0 Å². The van der Waals surface area contributed by atoms with E-state index < -0.39 is 0 Å². The molecule has 18 heavy (non-hydrogen) atoms. The fourth-order valence-electron chi connectivity index (χ4n) is 2.56. The second kappa shape index (κ2) is 5.87. The van der Waals surface area contributed by atoms with E-state index in [2.05, 4.69) is 4.90 Å². The maximum atomic E-state index is 9.09. The third-order valence-electron chi connectivity index (χ3n) is 4.78. The summed E-state index contributed by atoms with van der Waals surface area (Å²) in [5, 5.41) is 17.7. The fourth-order valence-corrected chi connectivity index (χ4v) is 2.56. The summed E-state index contributed by atoms with van der Waals surface area (Å²) >= 11 is 0. The number of nitrogens with two attached hydrogens (primary N) is 1. The van der Waals surface area contributed by atoms with E-state index in [1.165, 1.54) is 38.8 Å². The van der Waals surface area contributed by atoms with Crippen LogP contribution in [0, 0.1) is 10.8 Å². The molecule has 4 N–H and O–H groups in total. The van der Waals surface area contributed by atoms with Crippen LogP contribution in [0.5, 0.6) is 0 Å². The summed E-state index contributed by atoms with van der Waals surface area (Å²) < 4.78 is 0. The van der Waals surface area contributed by atoms with Gasteiger partial charge in [-0.2, -0.15) is 0 Å². The maximum Gasteiger partial charge on any atom is 0.0499 e. The Kier molecular flexibility index (Phi) is 4.64. The van der Waals surface area contributed by atoms with Crippen molar-refractivity contribution in [1.29, 1.82) is 0 Å². The zero-order valence-corrected chi connectivity index (χ0v) is 11.4. The molecule has 0 unspecified atom stereocenters. The average molecular weight is 256 g/mol. The molecule has 1 aliphatic heterocycles. The van der Waals surface area contributed by atoms with Crippen LogP contribution >= 0.6 is 0 Å². The minimum Gasteiger partial charge on any atom is -0.396 e. The molecule has 4 heteroatoms. The van der Waals surface area contributed by atoms with E-state index in [0.717, 1.165) is 19.4 Å². The van der Waals surface area contributed by atoms with Crippen LogP contribution in [0.15, 0.2) is 0 Å². The number of aliphatic hydroxyl groups is 2. The first-order valence-corrected chi connectivity index (χ1v) is 7.32. The molecule has 1 heterocycles. The number of hydrogen-bond acceptors (Lipinski definition) is 4. The van der Waals surface area contributed by atoms with E-state index in [9.17, 15) is 0 Å². The van der Waals surface area contributed by atoms with E-state index >= 15 is 0 Å². The number of likely N-dealkylation sites (tertiary alicyclic amines) is 1. The Morgan fingerprint density at radius 3 is 1.67 bits per heavy atom. The van der Waals surface area contributed by atoms with Crippen LogP contribution in [-0.4, -0.2) is 54.5 Å². The van der Waals surface area contributed by atoms with E-state index in [0.29, 0.717) is 18.6 Å². The summed E-state index contributed by atoms with van der Waals surface area (Å²) in [6, 6.07) is 0. The third-order valence-corrected chi connectivity index (χ3v) is 4.78. The van der Waals surface area contributed by atoms with E-state index in [-0.39, 0.29) is 12.0 Å². The number of hydrogen-bond donors (Lipinski definition) is 3. The van der Waals surface area contributed by atoms with Gasteiger partial charge in [-0.1, -0.05) is 0 Å². The van der Waals surface area contributed by atoms with Crippen molar-refractivity contribution in [2.24, 2.45) is 16.6 Å². The zero-order valence-electron chi connectivity index (χ0n) is 11.4. The minimum atomic E-state index is 0.167. The molecule has 2 saturated carbocycles. The number of nitrogens with zero attached hydrogens (tertiary/aromatic N) is 1. The average Bonchev–Trinajstić information content (AvgIpc) is 3.30. The van der Waals surface area contributed by atoms with Gasteiger partial charge in [-0.05, 0) is 51.6 Å². The highest BCUT2D eigenvalue weighted by Gasteiger charge is 2.43. The predicted octanol–water partition coefficient (Wildman–Crippen LogP) is 0.572. The van der Waals surface area contributed by atoms with Gasteiger partial charge >= 0.3 is 0 Å². The van der Waals surface area contributed by atoms with Crippen molar-refractivity contribution in [1.82, 2.24) is 4.90 Å². The molecule has 4 nitrogen and oxygen atoms in total. The standard InChI is InChI=1S/C9H17NO.C5H11NO/c11-8-9(3-4-9)7-10-5-1-2-6-10;6-3-5(4-7)1-2-5/h11H,1-8H2;7H,1-4,6H2. The predicted molar refractivity (Wildman–Crippen MR) is 72.2 cm³/mol. The molecule has 0 aromatic heterocycles. The van der Waals surface area contributed by atoms with E-state index in [1.807, 2.05) is 0 Å². The minimum absolute atomic E-state index is 0.167. The van der Waals surface area contributed by atoms with Gasteiger partial charge in [0.15, 0.2) is 0 Å². The lowest BCUT2D eigenvalue weighted by Gasteiger charge is -2.20. The van der Waals surface area contributed by atoms with E-state index in [4.69, 9.17) is 15.9 Å². The van der Waals surface area contributed by atoms with Crippen LogP contribution in [0.25, 0.3) is 0 Å². The molecule has 2 aliphatic carbocycles. The van der Waals surface area contributed by atoms with Gasteiger partial charge in [0.2, 0.25) is 0 Å². The molecule has 3 aliphatic rings. The molecule has 3 fully saturated rings. The molecular weight excluding hydrogens is 228 g/mol. The SMILES string of the molecule is NCC1(CO)CC1.OCC1(CN2CCCC2)CC1. The summed E-state index contributed by atoms with van der Waals surface area (Å²) in [5.74, 6) is 0. The Balaban J connectivity index is 0.000000149. The Hall–Kier alpha value is -0.160. The highest BCUT2D eigenvalue weighted by Crippen LogP contribution is 2.46. The summed E-state index contributed by atoms with van der Waals surface area (Å²) in [7, 11) is 0. The normalized spacial score (nSPS) is 27.5. The highest BCUT2D eigenvalue weighted by molar-refractivity contribution is 4.95. The molecule has 0 aromatic rings. The van der Waals surface area contributed by atoms with Crippen LogP contribution < -0.4 is 5.73 Å². The van der Waals surface area contributed by atoms with Crippen LogP contribution in [0.1, 0.15) is 38.5 Å². The smallest absolute Gasteiger partial charge is 0.0499 e. The van der Waals surface area contributed by atoms with Gasteiger partial charge in [0, 0.05) is 37.1 Å². The molecule has 0 aromatic carbocycles. The van der Waals surface area contributed by atoms with Gasteiger partial charge in [0.1, 0.15) is 0 Å². The van der Waals surface area contributed by atoms with Crippen molar-refractivity contribution in [3.05, 3.63) is 0 Å². The molecule has 0 atom stereocenters. The molecule has 3 rings (SSSR count). The molecular formula is C14H28N2O2. The van der Waals surface area contributed by atoms with Crippen LogP contribution in [0.2, 0.25) is 0 Å². The van der Waals surface area contributed by atoms with Crippen molar-refractivity contribution >= 4 is 0 Å². The van der Waals surface area contributed by atoms with Crippen molar-refractivity contribution < 1.29 is 10.2 Å². The van der Waals surface area contributed by atoms with Crippen LogP contribution in [-0.2, 0) is 0 Å². The first kappa shape index (κ1) is 14.3. The van der Waals surface area contributed by atoms with Crippen LogP contribution in [0.4, 0.5) is 0 Å². The second-order valence-corrected chi connectivity index (χ2v) is 6.50. The fraction of sp³-hybridized carbons (Fsp3) is 1.00. The molecule has 0 amide bonds. The van der Waals surface area contributed by atoms with E-state index in [1.54, 1.807) is 0 Å². The molecule has 0 spiro atoms. The van der Waals surface area contributed by atoms with Gasteiger partial charge < -0.3 is 20.8 Å². The lowest BCUT2D eigenvalue weighted by atomic mass is 10.1. The Morgan fingerprint density at radius 1 is 0.889 bits per heavy atom. The Morgan fingerprint density at radius 2 is 1.39 bits per heavy atom. The van der Waals surface area contributed by atoms with Gasteiger partial charge in [-0.15, -0.1) is 0 Å². The van der Waals surface area contributed by atoms with Crippen molar-refractivity contribution in [2.75, 3.05) is 39.4 Å². The third kappa shape index (κ3) is 3.67. The maximum absolute atomic E-state index is 9.09. The lowest BCUT2D eigenvalue weighted by molar-refractivity contribution is 0.164. The Bertz CT molecular complexity index is 251. The zero-order chi connectivity index (χ0) is 13.1. The second-order valence-electron chi connectivity index (χ2n) is 6.50. The first-order valence-electron chi connectivity index (χ1n) is 7.32.